The van der Waals surface area contributed by atoms with Crippen LogP contribution in [0.15, 0.2) is 24.5 Å². The quantitative estimate of drug-likeness (QED) is 0.799. The lowest BCUT2D eigenvalue weighted by Gasteiger charge is -2.42. The number of aldehydes is 1. The fourth-order valence-electron chi connectivity index (χ4n) is 3.14. The predicted octanol–water partition coefficient (Wildman–Crippen LogP) is 3.33. The molecule has 0 aromatic carbocycles. The average Bonchev–Trinajstić information content (AvgIpc) is 2.52. The summed E-state index contributed by atoms with van der Waals surface area (Å²) in [6, 6.07) is 4.00. The van der Waals surface area contributed by atoms with Crippen LogP contribution in [0.5, 0.6) is 0 Å². The lowest BCUT2D eigenvalue weighted by Crippen LogP contribution is -2.47. The van der Waals surface area contributed by atoms with Crippen LogP contribution < -0.4 is 0 Å². The predicted molar refractivity (Wildman–Crippen MR) is 88.3 cm³/mol. The molecule has 1 aliphatic heterocycles. The van der Waals surface area contributed by atoms with E-state index in [-0.39, 0.29) is 11.5 Å². The van der Waals surface area contributed by atoms with Crippen molar-refractivity contribution in [1.29, 1.82) is 0 Å². The van der Waals surface area contributed by atoms with Crippen LogP contribution in [0, 0.1) is 0 Å². The molecule has 1 fully saturated rings. The number of nitrogens with zero attached hydrogens (tertiary/aromatic N) is 2. The Kier molecular flexibility index (Phi) is 5.39. The number of aromatic nitrogens is 1. The molecule has 0 bridgehead atoms. The maximum Gasteiger partial charge on any atom is 0.410 e. The molecule has 23 heavy (non-hydrogen) atoms. The summed E-state index contributed by atoms with van der Waals surface area (Å²) in [5, 5.41) is 0. The van der Waals surface area contributed by atoms with Gasteiger partial charge in [0.25, 0.3) is 0 Å². The van der Waals surface area contributed by atoms with E-state index in [9.17, 15) is 9.59 Å². The molecule has 5 heteroatoms. The van der Waals surface area contributed by atoms with Crippen molar-refractivity contribution < 1.29 is 14.3 Å². The summed E-state index contributed by atoms with van der Waals surface area (Å²) in [5.41, 5.74) is 0.603. The fourth-order valence-corrected chi connectivity index (χ4v) is 3.14. The molecule has 2 rings (SSSR count). The molecule has 5 nitrogen and oxygen atoms in total. The number of carbonyl (C=O) groups is 2. The van der Waals surface area contributed by atoms with Gasteiger partial charge in [0.05, 0.1) is 0 Å². The zero-order chi connectivity index (χ0) is 16.9. The van der Waals surface area contributed by atoms with E-state index in [1.165, 1.54) is 0 Å². The highest BCUT2D eigenvalue weighted by Crippen LogP contribution is 2.39. The number of likely N-dealkylation sites (tertiary alicyclic amines) is 1. The fraction of sp³-hybridized carbons (Fsp3) is 0.611. The summed E-state index contributed by atoms with van der Waals surface area (Å²) < 4.78 is 5.45. The summed E-state index contributed by atoms with van der Waals surface area (Å²) in [6.45, 7) is 6.90. The maximum atomic E-state index is 12.2. The van der Waals surface area contributed by atoms with E-state index in [4.69, 9.17) is 4.74 Å². The SMILES string of the molecule is CC(C)(C)OC(=O)N1CCC(CCC=O)(c2cccnc2)CC1. The zero-order valence-corrected chi connectivity index (χ0v) is 14.2. The van der Waals surface area contributed by atoms with Gasteiger partial charge < -0.3 is 14.4 Å². The van der Waals surface area contributed by atoms with Crippen molar-refractivity contribution in [2.45, 2.75) is 57.5 Å². The molecule has 0 radical (unpaired) electrons. The van der Waals surface area contributed by atoms with Gasteiger partial charge in [-0.15, -0.1) is 0 Å². The molecular formula is C18H26N2O3. The first-order valence-electron chi connectivity index (χ1n) is 8.18. The number of piperidine rings is 1. The van der Waals surface area contributed by atoms with E-state index >= 15 is 0 Å². The van der Waals surface area contributed by atoms with Crippen LogP contribution in [-0.2, 0) is 14.9 Å². The minimum Gasteiger partial charge on any atom is -0.444 e. The average molecular weight is 318 g/mol. The van der Waals surface area contributed by atoms with Gasteiger partial charge in [-0.2, -0.15) is 0 Å². The highest BCUT2D eigenvalue weighted by Gasteiger charge is 2.38. The molecule has 1 saturated heterocycles. The third kappa shape index (κ3) is 4.53. The minimum atomic E-state index is -0.480. The second-order valence-electron chi connectivity index (χ2n) is 7.19. The molecule has 0 aliphatic carbocycles. The van der Waals surface area contributed by atoms with Crippen LogP contribution in [0.4, 0.5) is 4.79 Å². The molecule has 0 unspecified atom stereocenters. The van der Waals surface area contributed by atoms with Gasteiger partial charge in [0.2, 0.25) is 0 Å². The van der Waals surface area contributed by atoms with Gasteiger partial charge >= 0.3 is 6.09 Å². The second kappa shape index (κ2) is 7.11. The molecule has 1 amide bonds. The van der Waals surface area contributed by atoms with Crippen LogP contribution in [0.25, 0.3) is 0 Å². The van der Waals surface area contributed by atoms with Gasteiger partial charge in [-0.05, 0) is 51.7 Å². The molecule has 0 spiro atoms. The highest BCUT2D eigenvalue weighted by molar-refractivity contribution is 5.68. The molecule has 1 aromatic heterocycles. The number of hydrogen-bond acceptors (Lipinski definition) is 4. The maximum absolute atomic E-state index is 12.2. The Balaban J connectivity index is 2.08. The van der Waals surface area contributed by atoms with Gasteiger partial charge in [0, 0.05) is 37.3 Å². The van der Waals surface area contributed by atoms with Crippen LogP contribution in [0.1, 0.15) is 52.0 Å². The van der Waals surface area contributed by atoms with Crippen molar-refractivity contribution in [3.8, 4) is 0 Å². The topological polar surface area (TPSA) is 59.5 Å². The number of carbonyl (C=O) groups excluding carboxylic acids is 2. The molecular weight excluding hydrogens is 292 g/mol. The van der Waals surface area contributed by atoms with Gasteiger partial charge in [-0.25, -0.2) is 4.79 Å². The first kappa shape index (κ1) is 17.4. The smallest absolute Gasteiger partial charge is 0.410 e. The summed E-state index contributed by atoms with van der Waals surface area (Å²) in [7, 11) is 0. The van der Waals surface area contributed by atoms with E-state index in [1.807, 2.05) is 33.0 Å². The summed E-state index contributed by atoms with van der Waals surface area (Å²) in [5.74, 6) is 0. The Morgan fingerprint density at radius 2 is 2.09 bits per heavy atom. The molecule has 1 aromatic rings. The molecule has 1 aliphatic rings. The minimum absolute atomic E-state index is 0.0757. The first-order valence-corrected chi connectivity index (χ1v) is 8.18. The molecule has 126 valence electrons. The Morgan fingerprint density at radius 1 is 1.39 bits per heavy atom. The monoisotopic (exact) mass is 318 g/mol. The Morgan fingerprint density at radius 3 is 2.61 bits per heavy atom. The number of rotatable bonds is 4. The van der Waals surface area contributed by atoms with Gasteiger partial charge in [0.15, 0.2) is 0 Å². The van der Waals surface area contributed by atoms with Gasteiger partial charge in [0.1, 0.15) is 11.9 Å². The van der Waals surface area contributed by atoms with Gasteiger partial charge in [-0.3, -0.25) is 4.98 Å². The molecule has 0 atom stereocenters. The summed E-state index contributed by atoms with van der Waals surface area (Å²) in [6.07, 6.45) is 7.33. The lowest BCUT2D eigenvalue weighted by molar-refractivity contribution is -0.108. The lowest BCUT2D eigenvalue weighted by atomic mass is 9.70. The van der Waals surface area contributed by atoms with E-state index in [2.05, 4.69) is 11.1 Å². The zero-order valence-electron chi connectivity index (χ0n) is 14.2. The van der Waals surface area contributed by atoms with Crippen molar-refractivity contribution >= 4 is 12.4 Å². The number of amides is 1. The number of pyridine rings is 1. The van der Waals surface area contributed by atoms with Crippen LogP contribution in [-0.4, -0.2) is 41.0 Å². The van der Waals surface area contributed by atoms with Crippen LogP contribution >= 0.6 is 0 Å². The van der Waals surface area contributed by atoms with Crippen molar-refractivity contribution in [2.75, 3.05) is 13.1 Å². The third-order valence-electron chi connectivity index (χ3n) is 4.39. The normalized spacial score (nSPS) is 17.6. The van der Waals surface area contributed by atoms with Crippen LogP contribution in [0.2, 0.25) is 0 Å². The van der Waals surface area contributed by atoms with Crippen molar-refractivity contribution in [3.05, 3.63) is 30.1 Å². The van der Waals surface area contributed by atoms with E-state index in [1.54, 1.807) is 11.1 Å². The van der Waals surface area contributed by atoms with Crippen molar-refractivity contribution in [1.82, 2.24) is 9.88 Å². The molecule has 0 N–H and O–H groups in total. The van der Waals surface area contributed by atoms with Gasteiger partial charge in [-0.1, -0.05) is 6.07 Å². The Hall–Kier alpha value is -1.91. The van der Waals surface area contributed by atoms with Crippen molar-refractivity contribution in [3.63, 3.8) is 0 Å². The third-order valence-corrected chi connectivity index (χ3v) is 4.39. The highest BCUT2D eigenvalue weighted by atomic mass is 16.6. The largest absolute Gasteiger partial charge is 0.444 e. The molecule has 2 heterocycles. The summed E-state index contributed by atoms with van der Waals surface area (Å²) in [4.78, 5) is 29.0. The Bertz CT molecular complexity index is 529. The van der Waals surface area contributed by atoms with E-state index in [0.29, 0.717) is 19.5 Å². The first-order chi connectivity index (χ1) is 10.9. The van der Waals surface area contributed by atoms with Crippen molar-refractivity contribution in [2.24, 2.45) is 0 Å². The number of hydrogen-bond donors (Lipinski definition) is 0. The van der Waals surface area contributed by atoms with E-state index < -0.39 is 5.60 Å². The second-order valence-corrected chi connectivity index (χ2v) is 7.19. The summed E-state index contributed by atoms with van der Waals surface area (Å²) >= 11 is 0. The molecule has 0 saturated carbocycles. The Labute approximate surface area is 138 Å². The van der Waals surface area contributed by atoms with Crippen LogP contribution in [0.3, 0.4) is 0 Å². The standard InChI is InChI=1S/C18H26N2O3/c1-17(2,3)23-16(22)20-11-8-18(9-12-20,7-5-13-21)15-6-4-10-19-14-15/h4,6,10,13-14H,5,7-9,11-12H2,1-3H3. The number of ether oxygens (including phenoxy) is 1. The van der Waals surface area contributed by atoms with E-state index in [0.717, 1.165) is 31.1 Å².